The Bertz CT molecular complexity index is 861. The first-order chi connectivity index (χ1) is 15.6. The highest BCUT2D eigenvalue weighted by Crippen LogP contribution is 2.33. The Morgan fingerprint density at radius 3 is 2.19 bits per heavy atom. The van der Waals surface area contributed by atoms with Crippen molar-refractivity contribution in [3.63, 3.8) is 0 Å². The van der Waals surface area contributed by atoms with Gasteiger partial charge in [0.25, 0.3) is 0 Å². The molecule has 0 saturated heterocycles. The van der Waals surface area contributed by atoms with Crippen molar-refractivity contribution in [3.8, 4) is 23.0 Å². The van der Waals surface area contributed by atoms with Crippen LogP contribution in [0.1, 0.15) is 23.6 Å². The van der Waals surface area contributed by atoms with Crippen molar-refractivity contribution in [2.75, 3.05) is 48.2 Å². The van der Waals surface area contributed by atoms with Crippen molar-refractivity contribution in [1.29, 1.82) is 0 Å². The van der Waals surface area contributed by atoms with E-state index < -0.39 is 0 Å². The average molecular weight is 446 g/mol. The van der Waals surface area contributed by atoms with Gasteiger partial charge in [0.2, 0.25) is 0 Å². The number of aliphatic imine (C=N–C) groups is 1. The van der Waals surface area contributed by atoms with E-state index >= 15 is 0 Å². The summed E-state index contributed by atoms with van der Waals surface area (Å²) in [5.74, 6) is 3.52. The molecule has 0 amide bonds. The van der Waals surface area contributed by atoms with Gasteiger partial charge < -0.3 is 34.3 Å². The van der Waals surface area contributed by atoms with Crippen molar-refractivity contribution >= 4 is 5.96 Å². The maximum Gasteiger partial charge on any atom is 0.191 e. The fourth-order valence-corrected chi connectivity index (χ4v) is 3.09. The molecule has 0 saturated carbocycles. The number of hydrogen-bond donors (Lipinski definition) is 2. The molecule has 0 aromatic heterocycles. The summed E-state index contributed by atoms with van der Waals surface area (Å²) in [6.07, 6.45) is 0. The third kappa shape index (κ3) is 7.23. The molecule has 0 fully saturated rings. The SMILES string of the molecule is CCNC(=NCc1ccc(C)cc1OCCOC)NCc1c(OC)cc(OC)cc1OC. The Morgan fingerprint density at radius 1 is 0.875 bits per heavy atom. The van der Waals surface area contributed by atoms with Crippen molar-refractivity contribution in [2.45, 2.75) is 26.9 Å². The molecule has 0 aliphatic heterocycles. The Balaban J connectivity index is 2.18. The summed E-state index contributed by atoms with van der Waals surface area (Å²) in [4.78, 5) is 4.74. The lowest BCUT2D eigenvalue weighted by Gasteiger charge is -2.17. The average Bonchev–Trinajstić information content (AvgIpc) is 2.81. The molecule has 2 rings (SSSR count). The highest BCUT2D eigenvalue weighted by Gasteiger charge is 2.14. The lowest BCUT2D eigenvalue weighted by atomic mass is 10.1. The van der Waals surface area contributed by atoms with E-state index in [0.717, 1.165) is 29.0 Å². The quantitative estimate of drug-likeness (QED) is 0.295. The third-order valence-corrected chi connectivity index (χ3v) is 4.77. The van der Waals surface area contributed by atoms with Gasteiger partial charge in [-0.25, -0.2) is 4.99 Å². The van der Waals surface area contributed by atoms with E-state index in [4.69, 9.17) is 28.7 Å². The molecule has 2 aromatic carbocycles. The molecule has 0 atom stereocenters. The minimum atomic E-state index is 0.466. The Morgan fingerprint density at radius 2 is 1.59 bits per heavy atom. The fourth-order valence-electron chi connectivity index (χ4n) is 3.09. The van der Waals surface area contributed by atoms with Crippen LogP contribution in [-0.2, 0) is 17.8 Å². The topological polar surface area (TPSA) is 82.6 Å². The van der Waals surface area contributed by atoms with Crippen molar-refractivity contribution in [3.05, 3.63) is 47.0 Å². The van der Waals surface area contributed by atoms with Crippen LogP contribution in [0.15, 0.2) is 35.3 Å². The van der Waals surface area contributed by atoms with Crippen LogP contribution >= 0.6 is 0 Å². The Labute approximate surface area is 190 Å². The number of hydrogen-bond acceptors (Lipinski definition) is 6. The molecular formula is C24H35N3O5. The largest absolute Gasteiger partial charge is 0.496 e. The molecular weight excluding hydrogens is 410 g/mol. The van der Waals surface area contributed by atoms with Gasteiger partial charge in [0.05, 0.1) is 46.6 Å². The molecule has 0 radical (unpaired) electrons. The van der Waals surface area contributed by atoms with E-state index in [0.29, 0.717) is 49.5 Å². The number of benzene rings is 2. The second kappa shape index (κ2) is 13.3. The smallest absolute Gasteiger partial charge is 0.191 e. The molecule has 8 nitrogen and oxygen atoms in total. The van der Waals surface area contributed by atoms with E-state index in [2.05, 4.69) is 16.7 Å². The molecule has 0 heterocycles. The van der Waals surface area contributed by atoms with Crippen molar-refractivity contribution in [2.24, 2.45) is 4.99 Å². The molecule has 176 valence electrons. The standard InChI is InChI=1S/C24H35N3O5/c1-7-25-24(26-15-18-9-8-17(2)12-21(18)32-11-10-28-3)27-16-20-22(30-5)13-19(29-4)14-23(20)31-6/h8-9,12-14H,7,10-11,15-16H2,1-6H3,(H2,25,26,27). The fraction of sp³-hybridized carbons (Fsp3) is 0.458. The van der Waals surface area contributed by atoms with Crippen LogP contribution in [0, 0.1) is 6.92 Å². The minimum Gasteiger partial charge on any atom is -0.496 e. The monoisotopic (exact) mass is 445 g/mol. The van der Waals surface area contributed by atoms with Crippen LogP contribution in [-0.4, -0.2) is 54.2 Å². The van der Waals surface area contributed by atoms with Gasteiger partial charge in [-0.05, 0) is 25.5 Å². The first-order valence-corrected chi connectivity index (χ1v) is 10.6. The summed E-state index contributed by atoms with van der Waals surface area (Å²) in [5.41, 5.74) is 3.01. The number of ether oxygens (including phenoxy) is 5. The Kier molecular flexibility index (Phi) is 10.5. The van der Waals surface area contributed by atoms with Crippen LogP contribution in [0.3, 0.4) is 0 Å². The van der Waals surface area contributed by atoms with Crippen molar-refractivity contribution < 1.29 is 23.7 Å². The number of methoxy groups -OCH3 is 4. The van der Waals surface area contributed by atoms with Crippen LogP contribution in [0.5, 0.6) is 23.0 Å². The summed E-state index contributed by atoms with van der Waals surface area (Å²) in [6.45, 7) is 6.75. The number of aryl methyl sites for hydroxylation is 1. The second-order valence-corrected chi connectivity index (χ2v) is 7.01. The normalized spacial score (nSPS) is 11.1. The maximum atomic E-state index is 5.88. The van der Waals surface area contributed by atoms with E-state index in [1.807, 2.05) is 38.1 Å². The van der Waals surface area contributed by atoms with Crippen LogP contribution < -0.4 is 29.6 Å². The van der Waals surface area contributed by atoms with E-state index in [-0.39, 0.29) is 0 Å². The van der Waals surface area contributed by atoms with E-state index in [9.17, 15) is 0 Å². The second-order valence-electron chi connectivity index (χ2n) is 7.01. The molecule has 0 bridgehead atoms. The minimum absolute atomic E-state index is 0.466. The summed E-state index contributed by atoms with van der Waals surface area (Å²) in [5, 5.41) is 6.63. The first-order valence-electron chi connectivity index (χ1n) is 10.6. The van der Waals surface area contributed by atoms with Gasteiger partial charge in [0.15, 0.2) is 5.96 Å². The van der Waals surface area contributed by atoms with Gasteiger partial charge in [0.1, 0.15) is 29.6 Å². The van der Waals surface area contributed by atoms with Gasteiger partial charge in [-0.1, -0.05) is 12.1 Å². The predicted molar refractivity (Wildman–Crippen MR) is 126 cm³/mol. The summed E-state index contributed by atoms with van der Waals surface area (Å²) in [7, 11) is 6.52. The lowest BCUT2D eigenvalue weighted by molar-refractivity contribution is 0.145. The maximum absolute atomic E-state index is 5.88. The van der Waals surface area contributed by atoms with Crippen molar-refractivity contribution in [1.82, 2.24) is 10.6 Å². The Hall–Kier alpha value is -3.13. The predicted octanol–water partition coefficient (Wildman–Crippen LogP) is 3.30. The van der Waals surface area contributed by atoms with Gasteiger partial charge in [-0.15, -0.1) is 0 Å². The summed E-state index contributed by atoms with van der Waals surface area (Å²) >= 11 is 0. The molecule has 0 unspecified atom stereocenters. The number of rotatable bonds is 12. The molecule has 0 aliphatic rings. The first kappa shape index (κ1) is 25.1. The number of guanidine groups is 1. The highest BCUT2D eigenvalue weighted by molar-refractivity contribution is 5.80. The van der Waals surface area contributed by atoms with Crippen LogP contribution in [0.2, 0.25) is 0 Å². The van der Waals surface area contributed by atoms with E-state index in [1.165, 1.54) is 0 Å². The van der Waals surface area contributed by atoms with Crippen LogP contribution in [0.25, 0.3) is 0 Å². The zero-order valence-corrected chi connectivity index (χ0v) is 19.9. The van der Waals surface area contributed by atoms with Gasteiger partial charge in [0, 0.05) is 31.4 Å². The van der Waals surface area contributed by atoms with Gasteiger partial charge in [-0.2, -0.15) is 0 Å². The van der Waals surface area contributed by atoms with Gasteiger partial charge >= 0.3 is 0 Å². The molecule has 2 aromatic rings. The zero-order valence-electron chi connectivity index (χ0n) is 19.9. The molecule has 0 spiro atoms. The zero-order chi connectivity index (χ0) is 23.3. The number of nitrogens with zero attached hydrogens (tertiary/aromatic N) is 1. The highest BCUT2D eigenvalue weighted by atomic mass is 16.5. The molecule has 2 N–H and O–H groups in total. The molecule has 32 heavy (non-hydrogen) atoms. The van der Waals surface area contributed by atoms with Gasteiger partial charge in [-0.3, -0.25) is 0 Å². The summed E-state index contributed by atoms with van der Waals surface area (Å²) < 4.78 is 27.4. The van der Waals surface area contributed by atoms with Crippen LogP contribution in [0.4, 0.5) is 0 Å². The van der Waals surface area contributed by atoms with E-state index in [1.54, 1.807) is 28.4 Å². The summed E-state index contributed by atoms with van der Waals surface area (Å²) in [6, 6.07) is 9.79. The number of nitrogens with one attached hydrogen (secondary N) is 2. The third-order valence-electron chi connectivity index (χ3n) is 4.77. The lowest BCUT2D eigenvalue weighted by Crippen LogP contribution is -2.37. The molecule has 8 heteroatoms. The molecule has 0 aliphatic carbocycles.